The van der Waals surface area contributed by atoms with Gasteiger partial charge in [0.25, 0.3) is 0 Å². The van der Waals surface area contributed by atoms with Gasteiger partial charge in [-0.3, -0.25) is 4.79 Å². The summed E-state index contributed by atoms with van der Waals surface area (Å²) in [6.45, 7) is 6.99. The molecule has 1 aromatic carbocycles. The highest BCUT2D eigenvalue weighted by Gasteiger charge is 2.19. The molecule has 0 saturated carbocycles. The number of benzene rings is 1. The van der Waals surface area contributed by atoms with Crippen molar-refractivity contribution < 1.29 is 19.4 Å². The van der Waals surface area contributed by atoms with Gasteiger partial charge in [0.2, 0.25) is 0 Å². The average Bonchev–Trinajstić information content (AvgIpc) is 2.26. The van der Waals surface area contributed by atoms with Gasteiger partial charge in [-0.05, 0) is 45.4 Å². The molecule has 4 nitrogen and oxygen atoms in total. The van der Waals surface area contributed by atoms with E-state index in [0.29, 0.717) is 11.1 Å². The van der Waals surface area contributed by atoms with Crippen LogP contribution in [0.4, 0.5) is 0 Å². The lowest BCUT2D eigenvalue weighted by atomic mass is 10.00. The van der Waals surface area contributed by atoms with E-state index in [2.05, 4.69) is 0 Å². The second-order valence-electron chi connectivity index (χ2n) is 5.18. The van der Waals surface area contributed by atoms with Crippen LogP contribution in [0.3, 0.4) is 0 Å². The van der Waals surface area contributed by atoms with Crippen LogP contribution in [-0.2, 0) is 9.53 Å². The van der Waals surface area contributed by atoms with E-state index in [9.17, 15) is 9.59 Å². The molecular weight excluding hydrogens is 232 g/mol. The summed E-state index contributed by atoms with van der Waals surface area (Å²) in [5.74, 6) is -1.88. The molecule has 18 heavy (non-hydrogen) atoms. The number of aliphatic carboxylic acids is 1. The van der Waals surface area contributed by atoms with Gasteiger partial charge in [-0.2, -0.15) is 0 Å². The molecule has 0 spiro atoms. The first kappa shape index (κ1) is 14.2. The maximum Gasteiger partial charge on any atom is 0.338 e. The van der Waals surface area contributed by atoms with Gasteiger partial charge >= 0.3 is 11.9 Å². The highest BCUT2D eigenvalue weighted by atomic mass is 16.6. The zero-order valence-electron chi connectivity index (χ0n) is 11.1. The van der Waals surface area contributed by atoms with E-state index in [0.717, 1.165) is 0 Å². The highest BCUT2D eigenvalue weighted by Crippen LogP contribution is 2.18. The van der Waals surface area contributed by atoms with E-state index in [1.165, 1.54) is 0 Å². The average molecular weight is 250 g/mol. The Bertz CT molecular complexity index is 440. The van der Waals surface area contributed by atoms with Crippen molar-refractivity contribution in [2.75, 3.05) is 0 Å². The summed E-state index contributed by atoms with van der Waals surface area (Å²) in [5.41, 5.74) is 0.547. The predicted octanol–water partition coefficient (Wildman–Crippen LogP) is 2.83. The molecule has 1 unspecified atom stereocenters. The van der Waals surface area contributed by atoms with Gasteiger partial charge < -0.3 is 9.84 Å². The molecule has 1 atom stereocenters. The fraction of sp³-hybridized carbons (Fsp3) is 0.429. The number of hydrogen-bond acceptors (Lipinski definition) is 3. The lowest BCUT2D eigenvalue weighted by Crippen LogP contribution is -2.23. The van der Waals surface area contributed by atoms with Gasteiger partial charge in [0.05, 0.1) is 11.5 Å². The third-order valence-electron chi connectivity index (χ3n) is 2.42. The molecular formula is C14H18O4. The SMILES string of the molecule is CC(C(=O)O)c1ccc(C(=O)OC(C)(C)C)cc1. The second-order valence-corrected chi connectivity index (χ2v) is 5.18. The van der Waals surface area contributed by atoms with Crippen LogP contribution in [0.25, 0.3) is 0 Å². The minimum Gasteiger partial charge on any atom is -0.481 e. The molecule has 0 bridgehead atoms. The van der Waals surface area contributed by atoms with Crippen molar-refractivity contribution in [3.05, 3.63) is 35.4 Å². The zero-order chi connectivity index (χ0) is 13.9. The van der Waals surface area contributed by atoms with Gasteiger partial charge in [0.1, 0.15) is 5.60 Å². The third-order valence-corrected chi connectivity index (χ3v) is 2.42. The maximum absolute atomic E-state index is 11.7. The molecule has 98 valence electrons. The fourth-order valence-electron chi connectivity index (χ4n) is 1.39. The molecule has 0 radical (unpaired) electrons. The number of carboxylic acids is 1. The monoisotopic (exact) mass is 250 g/mol. The molecule has 0 aromatic heterocycles. The number of esters is 1. The van der Waals surface area contributed by atoms with Gasteiger partial charge in [-0.15, -0.1) is 0 Å². The van der Waals surface area contributed by atoms with Crippen molar-refractivity contribution in [1.29, 1.82) is 0 Å². The molecule has 0 fully saturated rings. The van der Waals surface area contributed by atoms with Crippen molar-refractivity contribution >= 4 is 11.9 Å². The predicted molar refractivity (Wildman–Crippen MR) is 67.7 cm³/mol. The van der Waals surface area contributed by atoms with Gasteiger partial charge in [0.15, 0.2) is 0 Å². The van der Waals surface area contributed by atoms with Crippen LogP contribution in [-0.4, -0.2) is 22.6 Å². The van der Waals surface area contributed by atoms with Crippen molar-refractivity contribution in [3.8, 4) is 0 Å². The molecule has 0 aliphatic carbocycles. The normalized spacial score (nSPS) is 12.9. The van der Waals surface area contributed by atoms with Crippen molar-refractivity contribution in [2.24, 2.45) is 0 Å². The maximum atomic E-state index is 11.7. The standard InChI is InChI=1S/C14H18O4/c1-9(12(15)16)10-5-7-11(8-6-10)13(17)18-14(2,3)4/h5-9H,1-4H3,(H,15,16). The summed E-state index contributed by atoms with van der Waals surface area (Å²) < 4.78 is 5.22. The molecule has 4 heteroatoms. The quantitative estimate of drug-likeness (QED) is 0.838. The molecule has 1 rings (SSSR count). The summed E-state index contributed by atoms with van der Waals surface area (Å²) in [5, 5.41) is 8.88. The summed E-state index contributed by atoms with van der Waals surface area (Å²) in [6.07, 6.45) is 0. The first-order valence-electron chi connectivity index (χ1n) is 5.77. The van der Waals surface area contributed by atoms with Crippen molar-refractivity contribution in [2.45, 2.75) is 39.2 Å². The molecule has 0 heterocycles. The number of ether oxygens (including phenoxy) is 1. The van der Waals surface area contributed by atoms with Crippen LogP contribution in [0.5, 0.6) is 0 Å². The van der Waals surface area contributed by atoms with E-state index in [-0.39, 0.29) is 0 Å². The molecule has 1 aromatic rings. The van der Waals surface area contributed by atoms with E-state index < -0.39 is 23.5 Å². The first-order valence-corrected chi connectivity index (χ1v) is 5.77. The van der Waals surface area contributed by atoms with Crippen LogP contribution in [0.2, 0.25) is 0 Å². The van der Waals surface area contributed by atoms with Crippen LogP contribution in [0.1, 0.15) is 49.5 Å². The number of hydrogen-bond donors (Lipinski definition) is 1. The van der Waals surface area contributed by atoms with Crippen molar-refractivity contribution in [1.82, 2.24) is 0 Å². The summed E-state index contributed by atoms with van der Waals surface area (Å²) in [4.78, 5) is 22.6. The molecule has 0 aliphatic heterocycles. The van der Waals surface area contributed by atoms with Gasteiger partial charge in [-0.25, -0.2) is 4.79 Å². The first-order chi connectivity index (χ1) is 8.20. The Hall–Kier alpha value is -1.84. The zero-order valence-corrected chi connectivity index (χ0v) is 11.1. The van der Waals surface area contributed by atoms with E-state index >= 15 is 0 Å². The van der Waals surface area contributed by atoms with Gasteiger partial charge in [-0.1, -0.05) is 12.1 Å². The molecule has 0 aliphatic rings. The van der Waals surface area contributed by atoms with Crippen LogP contribution in [0, 0.1) is 0 Å². The number of carbonyl (C=O) groups is 2. The van der Waals surface area contributed by atoms with E-state index in [4.69, 9.17) is 9.84 Å². The van der Waals surface area contributed by atoms with E-state index in [1.807, 2.05) is 0 Å². The lowest BCUT2D eigenvalue weighted by molar-refractivity contribution is -0.138. The summed E-state index contributed by atoms with van der Waals surface area (Å²) in [7, 11) is 0. The molecule has 1 N–H and O–H groups in total. The van der Waals surface area contributed by atoms with Crippen molar-refractivity contribution in [3.63, 3.8) is 0 Å². The smallest absolute Gasteiger partial charge is 0.338 e. The fourth-order valence-corrected chi connectivity index (χ4v) is 1.39. The second kappa shape index (κ2) is 5.21. The lowest BCUT2D eigenvalue weighted by Gasteiger charge is -2.19. The Morgan fingerprint density at radius 1 is 1.17 bits per heavy atom. The number of rotatable bonds is 3. The third kappa shape index (κ3) is 3.87. The molecule has 0 saturated heterocycles. The Morgan fingerprint density at radius 2 is 1.67 bits per heavy atom. The summed E-state index contributed by atoms with van der Waals surface area (Å²) in [6, 6.07) is 6.45. The Morgan fingerprint density at radius 3 is 2.06 bits per heavy atom. The Kier molecular flexibility index (Phi) is 4.11. The summed E-state index contributed by atoms with van der Waals surface area (Å²) >= 11 is 0. The molecule has 0 amide bonds. The van der Waals surface area contributed by atoms with Gasteiger partial charge in [0, 0.05) is 0 Å². The Labute approximate surface area is 107 Å². The van der Waals surface area contributed by atoms with Crippen LogP contribution < -0.4 is 0 Å². The number of carboxylic acid groups (broad SMARTS) is 1. The Balaban J connectivity index is 2.83. The number of carbonyl (C=O) groups excluding carboxylic acids is 1. The van der Waals surface area contributed by atoms with Crippen LogP contribution in [0.15, 0.2) is 24.3 Å². The highest BCUT2D eigenvalue weighted by molar-refractivity contribution is 5.89. The minimum atomic E-state index is -0.889. The van der Waals surface area contributed by atoms with E-state index in [1.54, 1.807) is 52.0 Å². The largest absolute Gasteiger partial charge is 0.481 e. The van der Waals surface area contributed by atoms with Crippen LogP contribution >= 0.6 is 0 Å². The topological polar surface area (TPSA) is 63.6 Å². The minimum absolute atomic E-state index is 0.406.